The molecule has 2 aliphatic carbocycles. The Balaban J connectivity index is 0.000000180. The Bertz CT molecular complexity index is 496. The van der Waals surface area contributed by atoms with Crippen molar-refractivity contribution in [1.82, 2.24) is 0 Å². The number of ether oxygens (including phenoxy) is 3. The van der Waals surface area contributed by atoms with Crippen LogP contribution in [0.4, 0.5) is 0 Å². The molecule has 1 aliphatic heterocycles. The summed E-state index contributed by atoms with van der Waals surface area (Å²) < 4.78 is 14.8. The van der Waals surface area contributed by atoms with Gasteiger partial charge in [0.2, 0.25) is 0 Å². The zero-order valence-corrected chi connectivity index (χ0v) is 15.0. The van der Waals surface area contributed by atoms with Crippen molar-refractivity contribution in [2.45, 2.75) is 59.5 Å². The van der Waals surface area contributed by atoms with Crippen molar-refractivity contribution in [3.63, 3.8) is 0 Å². The Kier molecular flexibility index (Phi) is 5.88. The number of esters is 3. The van der Waals surface area contributed by atoms with Crippen LogP contribution in [0, 0.1) is 23.2 Å². The second-order valence-electron chi connectivity index (χ2n) is 7.53. The highest BCUT2D eigenvalue weighted by molar-refractivity contribution is 5.76. The Hall–Kier alpha value is -1.59. The molecule has 1 heterocycles. The number of hydrogen-bond acceptors (Lipinski definition) is 6. The van der Waals surface area contributed by atoms with Crippen LogP contribution in [0.25, 0.3) is 0 Å². The number of hydrogen-bond donors (Lipinski definition) is 0. The predicted octanol–water partition coefficient (Wildman–Crippen LogP) is 2.49. The molecular weight excluding hydrogens is 312 g/mol. The summed E-state index contributed by atoms with van der Waals surface area (Å²) in [5, 5.41) is 0. The third-order valence-electron chi connectivity index (χ3n) is 5.38. The van der Waals surface area contributed by atoms with Gasteiger partial charge >= 0.3 is 17.9 Å². The van der Waals surface area contributed by atoms with Crippen LogP contribution in [0.15, 0.2) is 0 Å². The molecule has 0 amide bonds. The highest BCUT2D eigenvalue weighted by Gasteiger charge is 2.56. The van der Waals surface area contributed by atoms with E-state index in [4.69, 9.17) is 9.47 Å². The van der Waals surface area contributed by atoms with Gasteiger partial charge in [-0.15, -0.1) is 0 Å². The highest BCUT2D eigenvalue weighted by Crippen LogP contribution is 2.54. The fraction of sp³-hybridized carbons (Fsp3) is 0.833. The second-order valence-corrected chi connectivity index (χ2v) is 7.53. The molecule has 6 nitrogen and oxygen atoms in total. The fourth-order valence-electron chi connectivity index (χ4n) is 3.59. The average Bonchev–Trinajstić information content (AvgIpc) is 3.14. The van der Waals surface area contributed by atoms with Crippen LogP contribution in [-0.4, -0.2) is 37.2 Å². The van der Waals surface area contributed by atoms with Crippen molar-refractivity contribution in [2.75, 3.05) is 13.2 Å². The van der Waals surface area contributed by atoms with Crippen LogP contribution >= 0.6 is 0 Å². The molecule has 3 aliphatic rings. The molecule has 0 aromatic heterocycles. The summed E-state index contributed by atoms with van der Waals surface area (Å²) in [5.41, 5.74) is -0.462. The standard InChI is InChI=1S/C10H18O4.C8H10O2/c1-5-10(3,4)9(12)14-7-6-13-8(2)11;9-8-6-2-4-1-5(6)7(3-4)10-8/h5-7H2,1-4H3;4-7H,1-3H2. The van der Waals surface area contributed by atoms with Gasteiger partial charge in [-0.3, -0.25) is 14.4 Å². The molecule has 0 radical (unpaired) electrons. The molecule has 0 aromatic rings. The summed E-state index contributed by atoms with van der Waals surface area (Å²) in [6.07, 6.45) is 4.60. The summed E-state index contributed by atoms with van der Waals surface area (Å²) in [7, 11) is 0. The first kappa shape index (κ1) is 18.7. The predicted molar refractivity (Wildman–Crippen MR) is 85.9 cm³/mol. The summed E-state index contributed by atoms with van der Waals surface area (Å²) >= 11 is 0. The maximum absolute atomic E-state index is 11.4. The molecule has 3 fully saturated rings. The fourth-order valence-corrected chi connectivity index (χ4v) is 3.59. The zero-order chi connectivity index (χ0) is 17.9. The quantitative estimate of drug-likeness (QED) is 0.435. The summed E-state index contributed by atoms with van der Waals surface area (Å²) in [4.78, 5) is 32.8. The van der Waals surface area contributed by atoms with E-state index in [1.54, 1.807) is 0 Å². The lowest BCUT2D eigenvalue weighted by atomic mass is 9.90. The molecule has 136 valence electrons. The van der Waals surface area contributed by atoms with Gasteiger partial charge in [0, 0.05) is 12.8 Å². The van der Waals surface area contributed by atoms with Gasteiger partial charge in [-0.1, -0.05) is 6.92 Å². The lowest BCUT2D eigenvalue weighted by molar-refractivity contribution is -0.158. The lowest BCUT2D eigenvalue weighted by Crippen LogP contribution is -2.27. The number of fused-ring (bicyclic) bond motifs is 1. The summed E-state index contributed by atoms with van der Waals surface area (Å²) in [6, 6.07) is 0. The molecule has 0 spiro atoms. The molecule has 24 heavy (non-hydrogen) atoms. The SMILES string of the molecule is CCC(C)(C)C(=O)OCCOC(C)=O.O=C1OC2CC3CC1C2C3. The maximum Gasteiger partial charge on any atom is 0.311 e. The number of rotatable bonds is 5. The molecule has 2 bridgehead atoms. The van der Waals surface area contributed by atoms with Crippen molar-refractivity contribution in [2.24, 2.45) is 23.2 Å². The Morgan fingerprint density at radius 1 is 1.17 bits per heavy atom. The minimum Gasteiger partial charge on any atom is -0.462 e. The third-order valence-corrected chi connectivity index (χ3v) is 5.38. The molecule has 4 atom stereocenters. The van der Waals surface area contributed by atoms with Crippen LogP contribution in [-0.2, 0) is 28.6 Å². The van der Waals surface area contributed by atoms with Crippen molar-refractivity contribution >= 4 is 17.9 Å². The van der Waals surface area contributed by atoms with Crippen LogP contribution < -0.4 is 0 Å². The van der Waals surface area contributed by atoms with Gasteiger partial charge in [-0.25, -0.2) is 0 Å². The first-order valence-electron chi connectivity index (χ1n) is 8.75. The zero-order valence-electron chi connectivity index (χ0n) is 15.0. The molecule has 1 saturated heterocycles. The Labute approximate surface area is 143 Å². The average molecular weight is 340 g/mol. The second kappa shape index (κ2) is 7.53. The molecule has 0 N–H and O–H groups in total. The molecule has 3 rings (SSSR count). The van der Waals surface area contributed by atoms with Gasteiger partial charge in [-0.2, -0.15) is 0 Å². The minimum absolute atomic E-state index is 0.0926. The number of carbonyl (C=O) groups excluding carboxylic acids is 3. The van der Waals surface area contributed by atoms with Crippen LogP contribution in [0.3, 0.4) is 0 Å². The van der Waals surface area contributed by atoms with Gasteiger partial charge in [0.05, 0.1) is 11.3 Å². The molecular formula is C18H28O6. The molecule has 0 aromatic carbocycles. The van der Waals surface area contributed by atoms with Gasteiger partial charge < -0.3 is 14.2 Å². The van der Waals surface area contributed by atoms with E-state index in [2.05, 4.69) is 4.74 Å². The first-order valence-corrected chi connectivity index (χ1v) is 8.75. The van der Waals surface area contributed by atoms with Crippen molar-refractivity contribution < 1.29 is 28.6 Å². The van der Waals surface area contributed by atoms with Gasteiger partial charge in [0.15, 0.2) is 0 Å². The van der Waals surface area contributed by atoms with E-state index in [0.29, 0.717) is 17.9 Å². The monoisotopic (exact) mass is 340 g/mol. The normalized spacial score (nSPS) is 29.6. The van der Waals surface area contributed by atoms with E-state index in [-0.39, 0.29) is 31.1 Å². The molecule has 6 heteroatoms. The van der Waals surface area contributed by atoms with E-state index in [1.807, 2.05) is 20.8 Å². The van der Waals surface area contributed by atoms with Crippen LogP contribution in [0.2, 0.25) is 0 Å². The van der Waals surface area contributed by atoms with E-state index in [9.17, 15) is 14.4 Å². The Morgan fingerprint density at radius 3 is 2.33 bits per heavy atom. The van der Waals surface area contributed by atoms with E-state index >= 15 is 0 Å². The van der Waals surface area contributed by atoms with Crippen LogP contribution in [0.5, 0.6) is 0 Å². The van der Waals surface area contributed by atoms with Crippen LogP contribution in [0.1, 0.15) is 53.4 Å². The maximum atomic E-state index is 11.4. The summed E-state index contributed by atoms with van der Waals surface area (Å²) in [5.74, 6) is 1.23. The largest absolute Gasteiger partial charge is 0.462 e. The van der Waals surface area contributed by atoms with E-state index in [0.717, 1.165) is 25.2 Å². The summed E-state index contributed by atoms with van der Waals surface area (Å²) in [6.45, 7) is 7.14. The van der Waals surface area contributed by atoms with Crippen molar-refractivity contribution in [1.29, 1.82) is 0 Å². The van der Waals surface area contributed by atoms with Gasteiger partial charge in [-0.05, 0) is 45.4 Å². The molecule has 2 saturated carbocycles. The third kappa shape index (κ3) is 4.28. The topological polar surface area (TPSA) is 78.9 Å². The minimum atomic E-state index is -0.462. The van der Waals surface area contributed by atoms with E-state index < -0.39 is 5.41 Å². The van der Waals surface area contributed by atoms with Crippen molar-refractivity contribution in [3.8, 4) is 0 Å². The van der Waals surface area contributed by atoms with Gasteiger partial charge in [0.25, 0.3) is 0 Å². The lowest BCUT2D eigenvalue weighted by Gasteiger charge is -2.20. The van der Waals surface area contributed by atoms with E-state index in [1.165, 1.54) is 13.3 Å². The van der Waals surface area contributed by atoms with Gasteiger partial charge in [0.1, 0.15) is 19.3 Å². The Morgan fingerprint density at radius 2 is 1.83 bits per heavy atom. The molecule has 4 unspecified atom stereocenters. The highest BCUT2D eigenvalue weighted by atomic mass is 16.6. The van der Waals surface area contributed by atoms with Crippen molar-refractivity contribution in [3.05, 3.63) is 0 Å². The number of carbonyl (C=O) groups is 3. The smallest absolute Gasteiger partial charge is 0.311 e. The first-order chi connectivity index (χ1) is 11.2.